The minimum absolute atomic E-state index is 0.00715. The van der Waals surface area contributed by atoms with Crippen molar-refractivity contribution >= 4 is 71.0 Å². The quantitative estimate of drug-likeness (QED) is 0.0238. The number of urea groups is 1. The number of carbonyl (C=O) groups excluding carboxylic acids is 9. The molecule has 10 N–H and O–H groups in total. The Bertz CT molecular complexity index is 2080. The van der Waals surface area contributed by atoms with Gasteiger partial charge in [-0.2, -0.15) is 0 Å². The number of carbonyl (C=O) groups is 11. The topological polar surface area (TPSA) is 376 Å². The largest absolute Gasteiger partial charge is 0.481 e. The molecular formula is C48H72N8O18. The lowest BCUT2D eigenvalue weighted by Gasteiger charge is -2.28. The van der Waals surface area contributed by atoms with Gasteiger partial charge < -0.3 is 71.5 Å². The van der Waals surface area contributed by atoms with E-state index in [0.717, 1.165) is 4.90 Å². The number of imide groups is 1. The SMILES string of the molecule is CC(C)[C@H](NC(=O)[C@H](CCC(=O)O)NC(=O)[C@H](CCC(=O)O)NC(=O)CCOCCOCCOCCOCCN1C(=O)C=CC1=O)C(=O)N[C@@H](CCCNC(N)=O)C(=O)Nc1ccc(COC(=O)C(C)(C)C)cc1. The number of carboxylic acids is 2. The van der Waals surface area contributed by atoms with Gasteiger partial charge >= 0.3 is 23.9 Å². The molecule has 0 spiro atoms. The number of benzene rings is 1. The number of nitrogens with two attached hydrogens (primary N) is 1. The average molecular weight is 1050 g/mol. The van der Waals surface area contributed by atoms with Crippen molar-refractivity contribution in [2.24, 2.45) is 17.1 Å². The van der Waals surface area contributed by atoms with Gasteiger partial charge in [0, 0.05) is 43.6 Å². The standard InChI is InChI=1S/C48H72N8O18/c1-30(2)41(45(67)54-33(7-6-19-50-47(49)69)42(64)51-32-10-8-31(9-11-32)29-74-46(68)48(3,4)5)55-44(66)35(13-17-40(62)63)53-43(65)34(12-16-39(60)61)52-36(57)18-21-70-23-25-72-27-28-73-26-24-71-22-20-56-37(58)14-15-38(56)59/h8-11,14-15,30,33-35,41H,6-7,12-13,16-29H2,1-5H3,(H,51,64)(H,52,57)(H,53,65)(H,54,67)(H,55,66)(H,60,61)(H,62,63)(H3,49,50,69)/t33-,34-,35-,41-/m0/s1. The summed E-state index contributed by atoms with van der Waals surface area (Å²) in [5.41, 5.74) is 5.45. The number of anilines is 1. The van der Waals surface area contributed by atoms with Crippen molar-refractivity contribution in [1.82, 2.24) is 31.5 Å². The third-order valence-electron chi connectivity index (χ3n) is 10.6. The van der Waals surface area contributed by atoms with Gasteiger partial charge in [0.2, 0.25) is 29.5 Å². The Kier molecular flexibility index (Phi) is 28.7. The van der Waals surface area contributed by atoms with Crippen molar-refractivity contribution in [3.63, 3.8) is 0 Å². The van der Waals surface area contributed by atoms with E-state index in [1.807, 2.05) is 0 Å². The maximum Gasteiger partial charge on any atom is 0.312 e. The Balaban J connectivity index is 1.98. The van der Waals surface area contributed by atoms with Crippen molar-refractivity contribution in [3.8, 4) is 0 Å². The summed E-state index contributed by atoms with van der Waals surface area (Å²) in [5.74, 6) is -8.63. The molecule has 0 saturated carbocycles. The van der Waals surface area contributed by atoms with Crippen LogP contribution >= 0.6 is 0 Å². The highest BCUT2D eigenvalue weighted by atomic mass is 16.6. The highest BCUT2D eigenvalue weighted by Crippen LogP contribution is 2.18. The lowest BCUT2D eigenvalue weighted by Crippen LogP contribution is -2.59. The van der Waals surface area contributed by atoms with Crippen LogP contribution in [-0.2, 0) is 78.2 Å². The number of rotatable bonds is 37. The zero-order valence-electron chi connectivity index (χ0n) is 42.5. The van der Waals surface area contributed by atoms with E-state index in [1.165, 1.54) is 12.2 Å². The molecule has 0 bridgehead atoms. The molecule has 4 atom stereocenters. The first-order chi connectivity index (χ1) is 35.0. The van der Waals surface area contributed by atoms with Crippen LogP contribution in [0.15, 0.2) is 36.4 Å². The first-order valence-corrected chi connectivity index (χ1v) is 24.1. The number of hydrogen-bond acceptors (Lipinski definition) is 16. The molecule has 0 fully saturated rings. The number of amides is 9. The maximum atomic E-state index is 13.9. The van der Waals surface area contributed by atoms with Crippen molar-refractivity contribution < 1.29 is 86.6 Å². The van der Waals surface area contributed by atoms with E-state index in [0.29, 0.717) is 11.3 Å². The molecule has 0 aromatic heterocycles. The van der Waals surface area contributed by atoms with Crippen LogP contribution in [0.4, 0.5) is 10.5 Å². The monoisotopic (exact) mass is 1050 g/mol. The molecule has 0 aliphatic carbocycles. The Hall–Kier alpha value is -7.03. The normalized spacial score (nSPS) is 13.8. The molecule has 9 amide bonds. The van der Waals surface area contributed by atoms with E-state index in [4.69, 9.17) is 29.4 Å². The third-order valence-corrected chi connectivity index (χ3v) is 10.6. The summed E-state index contributed by atoms with van der Waals surface area (Å²) < 4.78 is 26.9. The van der Waals surface area contributed by atoms with Crippen LogP contribution in [0, 0.1) is 11.3 Å². The Morgan fingerprint density at radius 3 is 1.62 bits per heavy atom. The van der Waals surface area contributed by atoms with Crippen LogP contribution in [-0.4, -0.2) is 171 Å². The highest BCUT2D eigenvalue weighted by molar-refractivity contribution is 6.12. The minimum Gasteiger partial charge on any atom is -0.481 e. The number of nitrogens with zero attached hydrogens (tertiary/aromatic N) is 1. The lowest BCUT2D eigenvalue weighted by atomic mass is 9.97. The molecule has 412 valence electrons. The predicted molar refractivity (Wildman–Crippen MR) is 261 cm³/mol. The molecule has 1 aromatic carbocycles. The van der Waals surface area contributed by atoms with Crippen LogP contribution in [0.1, 0.15) is 85.1 Å². The lowest BCUT2D eigenvalue weighted by molar-refractivity contribution is -0.154. The average Bonchev–Trinajstić information content (AvgIpc) is 3.65. The van der Waals surface area contributed by atoms with Crippen molar-refractivity contribution in [2.45, 2.75) is 110 Å². The van der Waals surface area contributed by atoms with Crippen molar-refractivity contribution in [1.29, 1.82) is 0 Å². The van der Waals surface area contributed by atoms with Gasteiger partial charge in [0.1, 0.15) is 30.8 Å². The molecule has 1 aliphatic heterocycles. The number of primary amides is 1. The van der Waals surface area contributed by atoms with E-state index in [1.54, 1.807) is 58.9 Å². The number of nitrogens with one attached hydrogen (secondary N) is 6. The fourth-order valence-electron chi connectivity index (χ4n) is 6.46. The molecule has 0 saturated heterocycles. The molecule has 0 radical (unpaired) electrons. The highest BCUT2D eigenvalue weighted by Gasteiger charge is 2.33. The van der Waals surface area contributed by atoms with Crippen LogP contribution in [0.3, 0.4) is 0 Å². The smallest absolute Gasteiger partial charge is 0.312 e. The fourth-order valence-corrected chi connectivity index (χ4v) is 6.46. The van der Waals surface area contributed by atoms with Crippen molar-refractivity contribution in [2.75, 3.05) is 71.3 Å². The van der Waals surface area contributed by atoms with Gasteiger partial charge in [0.05, 0.1) is 64.8 Å². The number of carboxylic acid groups (broad SMARTS) is 2. The van der Waals surface area contributed by atoms with Gasteiger partial charge in [-0.15, -0.1) is 0 Å². The second-order valence-electron chi connectivity index (χ2n) is 18.1. The number of ether oxygens (including phenoxy) is 5. The van der Waals surface area contributed by atoms with E-state index >= 15 is 0 Å². The summed E-state index contributed by atoms with van der Waals surface area (Å²) >= 11 is 0. The Morgan fingerprint density at radius 1 is 0.622 bits per heavy atom. The second-order valence-corrected chi connectivity index (χ2v) is 18.1. The fraction of sp³-hybridized carbons (Fsp3) is 0.604. The molecule has 2 rings (SSSR count). The van der Waals surface area contributed by atoms with E-state index < -0.39 is 115 Å². The van der Waals surface area contributed by atoms with Crippen LogP contribution in [0.25, 0.3) is 0 Å². The Morgan fingerprint density at radius 2 is 1.11 bits per heavy atom. The number of esters is 1. The van der Waals surface area contributed by atoms with Gasteiger partial charge in [-0.3, -0.25) is 52.8 Å². The molecular weight excluding hydrogens is 977 g/mol. The zero-order chi connectivity index (χ0) is 55.2. The van der Waals surface area contributed by atoms with Crippen LogP contribution < -0.4 is 37.6 Å². The maximum absolute atomic E-state index is 13.9. The summed E-state index contributed by atoms with van der Waals surface area (Å²) in [6, 6.07) is -0.0754. The van der Waals surface area contributed by atoms with Gasteiger partial charge in [-0.05, 0) is 70.1 Å². The van der Waals surface area contributed by atoms with E-state index in [2.05, 4.69) is 31.9 Å². The molecule has 1 heterocycles. The van der Waals surface area contributed by atoms with Crippen LogP contribution in [0.5, 0.6) is 0 Å². The summed E-state index contributed by atoms with van der Waals surface area (Å²) in [6.07, 6.45) is 0.223. The van der Waals surface area contributed by atoms with Crippen molar-refractivity contribution in [3.05, 3.63) is 42.0 Å². The summed E-state index contributed by atoms with van der Waals surface area (Å²) in [4.78, 5) is 139. The first kappa shape index (κ1) is 63.1. The predicted octanol–water partition coefficient (Wildman–Crippen LogP) is -0.131. The number of aliphatic carboxylic acids is 2. The molecule has 0 unspecified atom stereocenters. The van der Waals surface area contributed by atoms with Gasteiger partial charge in [0.15, 0.2) is 0 Å². The van der Waals surface area contributed by atoms with Gasteiger partial charge in [0.25, 0.3) is 11.8 Å². The van der Waals surface area contributed by atoms with Gasteiger partial charge in [-0.1, -0.05) is 26.0 Å². The molecule has 1 aromatic rings. The van der Waals surface area contributed by atoms with E-state index in [-0.39, 0.29) is 104 Å². The minimum atomic E-state index is -1.60. The number of hydrogen-bond donors (Lipinski definition) is 9. The third kappa shape index (κ3) is 26.1. The molecule has 26 heteroatoms. The molecule has 26 nitrogen and oxygen atoms in total. The van der Waals surface area contributed by atoms with E-state index in [9.17, 15) is 63.0 Å². The molecule has 1 aliphatic rings. The first-order valence-electron chi connectivity index (χ1n) is 24.1. The Labute approximate surface area is 428 Å². The summed E-state index contributed by atoms with van der Waals surface area (Å²) in [6.45, 7) is 9.76. The van der Waals surface area contributed by atoms with Crippen LogP contribution in [0.2, 0.25) is 0 Å². The summed E-state index contributed by atoms with van der Waals surface area (Å²) in [7, 11) is 0. The molecule has 74 heavy (non-hydrogen) atoms. The summed E-state index contributed by atoms with van der Waals surface area (Å²) in [5, 5.41) is 33.9. The van der Waals surface area contributed by atoms with Gasteiger partial charge in [-0.25, -0.2) is 4.79 Å². The zero-order valence-corrected chi connectivity index (χ0v) is 42.5. The second kappa shape index (κ2) is 33.6.